The molecule has 0 fully saturated rings. The van der Waals surface area contributed by atoms with Crippen LogP contribution < -0.4 is 0 Å². The minimum atomic E-state index is 0.467. The SMILES string of the molecule is CCN(C)C(CC)(CC)CC. The van der Waals surface area contributed by atoms with E-state index in [9.17, 15) is 0 Å². The van der Waals surface area contributed by atoms with Crippen molar-refractivity contribution < 1.29 is 0 Å². The van der Waals surface area contributed by atoms with Crippen LogP contribution in [-0.2, 0) is 0 Å². The zero-order chi connectivity index (χ0) is 8.91. The molecule has 0 N–H and O–H groups in total. The fraction of sp³-hybridized carbons (Fsp3) is 1.00. The summed E-state index contributed by atoms with van der Waals surface area (Å²) < 4.78 is 0. The molecule has 0 saturated carbocycles. The zero-order valence-corrected chi connectivity index (χ0v) is 8.78. The highest BCUT2D eigenvalue weighted by atomic mass is 15.2. The van der Waals surface area contributed by atoms with Crippen LogP contribution in [-0.4, -0.2) is 24.0 Å². The molecule has 1 heteroatoms. The molecule has 0 atom stereocenters. The maximum atomic E-state index is 2.48. The van der Waals surface area contributed by atoms with E-state index < -0.39 is 0 Å². The Morgan fingerprint density at radius 3 is 1.36 bits per heavy atom. The topological polar surface area (TPSA) is 3.24 Å². The van der Waals surface area contributed by atoms with Crippen LogP contribution in [0.2, 0.25) is 0 Å². The van der Waals surface area contributed by atoms with Crippen molar-refractivity contribution in [1.82, 2.24) is 4.90 Å². The summed E-state index contributed by atoms with van der Waals surface area (Å²) in [7, 11) is 2.23. The fourth-order valence-corrected chi connectivity index (χ4v) is 1.90. The first-order valence-corrected chi connectivity index (χ1v) is 4.88. The molecule has 1 nitrogen and oxygen atoms in total. The predicted molar refractivity (Wildman–Crippen MR) is 51.9 cm³/mol. The van der Waals surface area contributed by atoms with E-state index in [4.69, 9.17) is 0 Å². The Kier molecular flexibility index (Phi) is 4.74. The largest absolute Gasteiger partial charge is 0.301 e. The molecule has 0 heterocycles. The minimum absolute atomic E-state index is 0.467. The average molecular weight is 157 g/mol. The summed E-state index contributed by atoms with van der Waals surface area (Å²) in [6.07, 6.45) is 3.80. The molecule has 0 spiro atoms. The van der Waals surface area contributed by atoms with Crippen LogP contribution in [0.25, 0.3) is 0 Å². The summed E-state index contributed by atoms with van der Waals surface area (Å²) in [4.78, 5) is 2.48. The van der Waals surface area contributed by atoms with Crippen molar-refractivity contribution in [3.8, 4) is 0 Å². The number of nitrogens with zero attached hydrogens (tertiary/aromatic N) is 1. The van der Waals surface area contributed by atoms with Crippen LogP contribution >= 0.6 is 0 Å². The van der Waals surface area contributed by atoms with Gasteiger partial charge in [0, 0.05) is 5.54 Å². The van der Waals surface area contributed by atoms with Gasteiger partial charge in [0.05, 0.1) is 0 Å². The van der Waals surface area contributed by atoms with Crippen LogP contribution in [0.4, 0.5) is 0 Å². The van der Waals surface area contributed by atoms with Crippen molar-refractivity contribution in [3.63, 3.8) is 0 Å². The van der Waals surface area contributed by atoms with Crippen LogP contribution in [0.5, 0.6) is 0 Å². The highest BCUT2D eigenvalue weighted by Gasteiger charge is 2.27. The van der Waals surface area contributed by atoms with Gasteiger partial charge in [0.2, 0.25) is 0 Å². The summed E-state index contributed by atoms with van der Waals surface area (Å²) in [6.45, 7) is 10.3. The molecular weight excluding hydrogens is 134 g/mol. The van der Waals surface area contributed by atoms with Gasteiger partial charge in [-0.15, -0.1) is 0 Å². The maximum Gasteiger partial charge on any atom is 0.0198 e. The lowest BCUT2D eigenvalue weighted by atomic mass is 9.88. The van der Waals surface area contributed by atoms with Crippen molar-refractivity contribution in [1.29, 1.82) is 0 Å². The molecule has 68 valence electrons. The molecule has 0 radical (unpaired) electrons. The van der Waals surface area contributed by atoms with E-state index in [0.717, 1.165) is 6.54 Å². The minimum Gasteiger partial charge on any atom is -0.301 e. The van der Waals surface area contributed by atoms with Crippen LogP contribution in [0.1, 0.15) is 47.0 Å². The highest BCUT2D eigenvalue weighted by molar-refractivity contribution is 4.84. The van der Waals surface area contributed by atoms with E-state index in [1.165, 1.54) is 19.3 Å². The zero-order valence-electron chi connectivity index (χ0n) is 8.78. The number of hydrogen-bond acceptors (Lipinski definition) is 1. The molecule has 0 aromatic heterocycles. The van der Waals surface area contributed by atoms with Crippen LogP contribution in [0, 0.1) is 0 Å². The van der Waals surface area contributed by atoms with Crippen molar-refractivity contribution >= 4 is 0 Å². The first-order chi connectivity index (χ1) is 5.16. The third-order valence-corrected chi connectivity index (χ3v) is 3.26. The Labute approximate surface area is 71.8 Å². The molecule has 0 rings (SSSR count). The summed E-state index contributed by atoms with van der Waals surface area (Å²) in [5.41, 5.74) is 0.467. The molecule has 0 unspecified atom stereocenters. The lowest BCUT2D eigenvalue weighted by Gasteiger charge is -2.39. The lowest BCUT2D eigenvalue weighted by Crippen LogP contribution is -2.44. The Bertz CT molecular complexity index is 86.8. The monoisotopic (exact) mass is 157 g/mol. The summed E-state index contributed by atoms with van der Waals surface area (Å²) in [5.74, 6) is 0. The second-order valence-electron chi connectivity index (χ2n) is 3.30. The second-order valence-corrected chi connectivity index (χ2v) is 3.30. The van der Waals surface area contributed by atoms with E-state index in [1.54, 1.807) is 0 Å². The van der Waals surface area contributed by atoms with E-state index in [2.05, 4.69) is 39.6 Å². The third kappa shape index (κ3) is 2.19. The summed E-state index contributed by atoms with van der Waals surface area (Å²) in [6, 6.07) is 0. The van der Waals surface area contributed by atoms with E-state index in [1.807, 2.05) is 0 Å². The van der Waals surface area contributed by atoms with Gasteiger partial charge < -0.3 is 4.90 Å². The van der Waals surface area contributed by atoms with E-state index in [-0.39, 0.29) is 0 Å². The van der Waals surface area contributed by atoms with Gasteiger partial charge in [-0.3, -0.25) is 0 Å². The molecule has 0 aliphatic heterocycles. The molecule has 0 saturated heterocycles. The van der Waals surface area contributed by atoms with Crippen LogP contribution in [0.15, 0.2) is 0 Å². The normalized spacial score (nSPS) is 12.5. The van der Waals surface area contributed by atoms with E-state index >= 15 is 0 Å². The molecule has 0 aliphatic carbocycles. The van der Waals surface area contributed by atoms with Crippen molar-refractivity contribution in [2.24, 2.45) is 0 Å². The Morgan fingerprint density at radius 1 is 0.909 bits per heavy atom. The van der Waals surface area contributed by atoms with Gasteiger partial charge in [0.15, 0.2) is 0 Å². The van der Waals surface area contributed by atoms with Gasteiger partial charge in [-0.05, 0) is 32.9 Å². The van der Waals surface area contributed by atoms with Gasteiger partial charge in [-0.1, -0.05) is 27.7 Å². The van der Waals surface area contributed by atoms with Gasteiger partial charge in [0.25, 0.3) is 0 Å². The first-order valence-electron chi connectivity index (χ1n) is 4.88. The van der Waals surface area contributed by atoms with Crippen LogP contribution in [0.3, 0.4) is 0 Å². The Hall–Kier alpha value is -0.0400. The predicted octanol–water partition coefficient (Wildman–Crippen LogP) is 2.91. The van der Waals surface area contributed by atoms with Gasteiger partial charge >= 0.3 is 0 Å². The molecular formula is C10H23N. The Balaban J connectivity index is 4.26. The Morgan fingerprint density at radius 2 is 1.27 bits per heavy atom. The lowest BCUT2D eigenvalue weighted by molar-refractivity contribution is 0.109. The molecule has 0 aromatic carbocycles. The molecule has 0 bridgehead atoms. The molecule has 0 aliphatic rings. The second kappa shape index (κ2) is 4.76. The molecule has 11 heavy (non-hydrogen) atoms. The van der Waals surface area contributed by atoms with Gasteiger partial charge in [-0.25, -0.2) is 0 Å². The quantitative estimate of drug-likeness (QED) is 0.593. The highest BCUT2D eigenvalue weighted by Crippen LogP contribution is 2.25. The van der Waals surface area contributed by atoms with Gasteiger partial charge in [-0.2, -0.15) is 0 Å². The smallest absolute Gasteiger partial charge is 0.0198 e. The average Bonchev–Trinajstić information content (AvgIpc) is 2.08. The standard InChI is InChI=1S/C10H23N/c1-6-10(7-2,8-3)11(5)9-4/h6-9H2,1-5H3. The number of rotatable bonds is 5. The first kappa shape index (κ1) is 11.0. The van der Waals surface area contributed by atoms with Crippen molar-refractivity contribution in [3.05, 3.63) is 0 Å². The molecule has 0 amide bonds. The maximum absolute atomic E-state index is 2.48. The van der Waals surface area contributed by atoms with E-state index in [0.29, 0.717) is 5.54 Å². The van der Waals surface area contributed by atoms with Crippen molar-refractivity contribution in [2.75, 3.05) is 13.6 Å². The number of hydrogen-bond donors (Lipinski definition) is 0. The molecule has 0 aromatic rings. The third-order valence-electron chi connectivity index (χ3n) is 3.26. The fourth-order valence-electron chi connectivity index (χ4n) is 1.90. The summed E-state index contributed by atoms with van der Waals surface area (Å²) in [5, 5.41) is 0. The van der Waals surface area contributed by atoms with Crippen molar-refractivity contribution in [2.45, 2.75) is 52.5 Å². The van der Waals surface area contributed by atoms with Gasteiger partial charge in [0.1, 0.15) is 0 Å². The summed E-state index contributed by atoms with van der Waals surface area (Å²) >= 11 is 0.